The van der Waals surface area contributed by atoms with Crippen LogP contribution in [0.5, 0.6) is 0 Å². The number of halogens is 1. The van der Waals surface area contributed by atoms with Crippen molar-refractivity contribution < 1.29 is 9.18 Å². The number of para-hydroxylation sites is 1. The Hall–Kier alpha value is -3.02. The van der Waals surface area contributed by atoms with Crippen LogP contribution in [-0.4, -0.2) is 32.4 Å². The van der Waals surface area contributed by atoms with Gasteiger partial charge < -0.3 is 4.90 Å². The summed E-state index contributed by atoms with van der Waals surface area (Å²) in [5, 5.41) is 0.529. The van der Waals surface area contributed by atoms with Crippen molar-refractivity contribution in [2.75, 3.05) is 0 Å². The van der Waals surface area contributed by atoms with Gasteiger partial charge in [0.2, 0.25) is 5.91 Å². The third kappa shape index (κ3) is 3.22. The normalized spacial score (nSPS) is 23.5. The van der Waals surface area contributed by atoms with E-state index >= 15 is 0 Å². The minimum absolute atomic E-state index is 0.0187. The van der Waals surface area contributed by atoms with Gasteiger partial charge in [-0.1, -0.05) is 24.3 Å². The molecular formula is C23H22FN3O2. The first-order chi connectivity index (χ1) is 14.1. The SMILES string of the molecule is O=C(Cn1cnc2ccccc2c1=O)N1[C@@H]2CC[C@@H]1CC(c1ccc(F)cc1)C2. The molecule has 0 unspecified atom stereocenters. The van der Waals surface area contributed by atoms with Crippen LogP contribution in [0, 0.1) is 5.82 Å². The summed E-state index contributed by atoms with van der Waals surface area (Å²) in [6.07, 6.45) is 5.21. The van der Waals surface area contributed by atoms with Gasteiger partial charge in [-0.2, -0.15) is 0 Å². The van der Waals surface area contributed by atoms with E-state index in [4.69, 9.17) is 0 Å². The predicted octanol–water partition coefficient (Wildman–Crippen LogP) is 3.47. The molecule has 5 nitrogen and oxygen atoms in total. The van der Waals surface area contributed by atoms with Crippen molar-refractivity contribution in [2.24, 2.45) is 0 Å². The summed E-state index contributed by atoms with van der Waals surface area (Å²) in [4.78, 5) is 32.1. The lowest BCUT2D eigenvalue weighted by Gasteiger charge is -2.39. The summed E-state index contributed by atoms with van der Waals surface area (Å²) in [6, 6.07) is 14.3. The van der Waals surface area contributed by atoms with Crippen molar-refractivity contribution in [2.45, 2.75) is 50.2 Å². The third-order valence-corrected chi connectivity index (χ3v) is 6.40. The van der Waals surface area contributed by atoms with E-state index in [1.54, 1.807) is 18.2 Å². The van der Waals surface area contributed by atoms with Crippen LogP contribution in [-0.2, 0) is 11.3 Å². The van der Waals surface area contributed by atoms with Crippen LogP contribution in [0.4, 0.5) is 4.39 Å². The Balaban J connectivity index is 1.35. The fraction of sp³-hybridized carbons (Fsp3) is 0.348. The van der Waals surface area contributed by atoms with Gasteiger partial charge in [-0.15, -0.1) is 0 Å². The van der Waals surface area contributed by atoms with E-state index in [9.17, 15) is 14.0 Å². The number of hydrogen-bond acceptors (Lipinski definition) is 3. The van der Waals surface area contributed by atoms with Crippen molar-refractivity contribution in [3.05, 3.63) is 76.6 Å². The maximum atomic E-state index is 13.2. The van der Waals surface area contributed by atoms with E-state index in [0.717, 1.165) is 31.2 Å². The molecule has 1 aromatic heterocycles. The topological polar surface area (TPSA) is 55.2 Å². The van der Waals surface area contributed by atoms with Crippen LogP contribution in [0.1, 0.15) is 37.2 Å². The van der Waals surface area contributed by atoms with Gasteiger partial charge in [-0.3, -0.25) is 14.2 Å². The molecule has 148 valence electrons. The number of fused-ring (bicyclic) bond motifs is 3. The van der Waals surface area contributed by atoms with E-state index in [-0.39, 0.29) is 35.9 Å². The highest BCUT2D eigenvalue weighted by atomic mass is 19.1. The number of nitrogens with zero attached hydrogens (tertiary/aromatic N) is 3. The molecule has 2 aromatic carbocycles. The number of amides is 1. The Morgan fingerprint density at radius 2 is 1.72 bits per heavy atom. The number of carbonyl (C=O) groups excluding carboxylic acids is 1. The molecule has 0 aliphatic carbocycles. The summed E-state index contributed by atoms with van der Waals surface area (Å²) >= 11 is 0. The van der Waals surface area contributed by atoms with Crippen LogP contribution in [0.3, 0.4) is 0 Å². The second-order valence-electron chi connectivity index (χ2n) is 8.10. The Morgan fingerprint density at radius 3 is 2.45 bits per heavy atom. The summed E-state index contributed by atoms with van der Waals surface area (Å²) in [5.74, 6) is 0.107. The lowest BCUT2D eigenvalue weighted by molar-refractivity contribution is -0.136. The van der Waals surface area contributed by atoms with Crippen molar-refractivity contribution in [1.29, 1.82) is 0 Å². The maximum Gasteiger partial charge on any atom is 0.261 e. The molecule has 0 spiro atoms. The molecule has 2 fully saturated rings. The molecule has 2 bridgehead atoms. The molecule has 2 saturated heterocycles. The summed E-state index contributed by atoms with van der Waals surface area (Å²) < 4.78 is 14.7. The number of carbonyl (C=O) groups is 1. The van der Waals surface area contributed by atoms with Gasteiger partial charge in [0.05, 0.1) is 17.2 Å². The second kappa shape index (κ2) is 7.10. The zero-order valence-corrected chi connectivity index (χ0v) is 16.0. The standard InChI is InChI=1S/C23H22FN3O2/c24-17-7-5-15(6-8-17)16-11-18-9-10-19(12-16)27(18)22(28)13-26-14-25-21-4-2-1-3-20(21)23(26)29/h1-8,14,16,18-19H,9-13H2/t18-,19-/m1/s1. The van der Waals surface area contributed by atoms with E-state index in [1.165, 1.54) is 23.0 Å². The Kier molecular flexibility index (Phi) is 4.42. The molecule has 3 heterocycles. The van der Waals surface area contributed by atoms with Crippen LogP contribution < -0.4 is 5.56 Å². The fourth-order valence-corrected chi connectivity index (χ4v) is 5.04. The van der Waals surface area contributed by atoms with Gasteiger partial charge in [0.15, 0.2) is 0 Å². The quantitative estimate of drug-likeness (QED) is 0.687. The first-order valence-electron chi connectivity index (χ1n) is 10.1. The number of rotatable bonds is 3. The molecule has 29 heavy (non-hydrogen) atoms. The molecule has 1 amide bonds. The zero-order chi connectivity index (χ0) is 20.0. The highest BCUT2D eigenvalue weighted by Gasteiger charge is 2.43. The zero-order valence-electron chi connectivity index (χ0n) is 16.0. The Labute approximate surface area is 167 Å². The van der Waals surface area contributed by atoms with Gasteiger partial charge in [-0.25, -0.2) is 9.37 Å². The fourth-order valence-electron chi connectivity index (χ4n) is 5.04. The molecule has 5 rings (SSSR count). The van der Waals surface area contributed by atoms with Crippen LogP contribution >= 0.6 is 0 Å². The van der Waals surface area contributed by atoms with Gasteiger partial charge >= 0.3 is 0 Å². The van der Waals surface area contributed by atoms with Crippen molar-refractivity contribution in [3.8, 4) is 0 Å². The first-order valence-corrected chi connectivity index (χ1v) is 10.1. The largest absolute Gasteiger partial charge is 0.335 e. The molecule has 0 saturated carbocycles. The number of aromatic nitrogens is 2. The lowest BCUT2D eigenvalue weighted by atomic mass is 9.85. The first kappa shape index (κ1) is 18.0. The molecule has 2 aliphatic heterocycles. The molecular weight excluding hydrogens is 369 g/mol. The average molecular weight is 391 g/mol. The number of hydrogen-bond donors (Lipinski definition) is 0. The second-order valence-corrected chi connectivity index (χ2v) is 8.10. The van der Waals surface area contributed by atoms with Gasteiger partial charge in [0.1, 0.15) is 12.4 Å². The lowest BCUT2D eigenvalue weighted by Crippen LogP contribution is -2.48. The van der Waals surface area contributed by atoms with E-state index in [0.29, 0.717) is 16.8 Å². The summed E-state index contributed by atoms with van der Waals surface area (Å²) in [6.45, 7) is 0.0187. The Bertz CT molecular complexity index is 1110. The monoisotopic (exact) mass is 391 g/mol. The predicted molar refractivity (Wildman–Crippen MR) is 108 cm³/mol. The highest BCUT2D eigenvalue weighted by Crippen LogP contribution is 2.43. The molecule has 2 atom stereocenters. The van der Waals surface area contributed by atoms with Crippen LogP contribution in [0.15, 0.2) is 59.7 Å². The van der Waals surface area contributed by atoms with Crippen LogP contribution in [0.2, 0.25) is 0 Å². The van der Waals surface area contributed by atoms with E-state index in [2.05, 4.69) is 4.98 Å². The van der Waals surface area contributed by atoms with Crippen LogP contribution in [0.25, 0.3) is 10.9 Å². The molecule has 3 aromatic rings. The Morgan fingerprint density at radius 1 is 1.03 bits per heavy atom. The summed E-state index contributed by atoms with van der Waals surface area (Å²) in [7, 11) is 0. The van der Waals surface area contributed by atoms with E-state index < -0.39 is 0 Å². The van der Waals surface area contributed by atoms with Crippen molar-refractivity contribution >= 4 is 16.8 Å². The number of benzene rings is 2. The molecule has 0 N–H and O–H groups in total. The number of piperidine rings is 1. The minimum atomic E-state index is -0.223. The maximum absolute atomic E-state index is 13.2. The van der Waals surface area contributed by atoms with Gasteiger partial charge in [-0.05, 0) is 61.4 Å². The molecule has 0 radical (unpaired) electrons. The molecule has 2 aliphatic rings. The summed E-state index contributed by atoms with van der Waals surface area (Å²) in [5.41, 5.74) is 1.60. The average Bonchev–Trinajstić information content (AvgIpc) is 3.00. The van der Waals surface area contributed by atoms with Crippen molar-refractivity contribution in [1.82, 2.24) is 14.5 Å². The van der Waals surface area contributed by atoms with Gasteiger partial charge in [0, 0.05) is 12.1 Å². The van der Waals surface area contributed by atoms with Gasteiger partial charge in [0.25, 0.3) is 5.56 Å². The minimum Gasteiger partial charge on any atom is -0.335 e. The highest BCUT2D eigenvalue weighted by molar-refractivity contribution is 5.79. The van der Waals surface area contributed by atoms with Crippen molar-refractivity contribution in [3.63, 3.8) is 0 Å². The smallest absolute Gasteiger partial charge is 0.261 e. The third-order valence-electron chi connectivity index (χ3n) is 6.40. The molecule has 6 heteroatoms. The van der Waals surface area contributed by atoms with E-state index in [1.807, 2.05) is 23.1 Å².